The van der Waals surface area contributed by atoms with Gasteiger partial charge in [-0.3, -0.25) is 0 Å². The van der Waals surface area contributed by atoms with E-state index in [4.69, 9.17) is 31.3 Å². The number of benzene rings is 1. The highest BCUT2D eigenvalue weighted by Gasteiger charge is 2.17. The van der Waals surface area contributed by atoms with Crippen molar-refractivity contribution >= 4 is 11.6 Å². The number of ether oxygens (including phenoxy) is 2. The average Bonchev–Trinajstić information content (AvgIpc) is 2.99. The van der Waals surface area contributed by atoms with Crippen molar-refractivity contribution in [3.8, 4) is 17.1 Å². The maximum absolute atomic E-state index is 6.26. The molecule has 112 valence electrons. The molecule has 1 aliphatic heterocycles. The van der Waals surface area contributed by atoms with Crippen LogP contribution in [0.25, 0.3) is 11.4 Å². The van der Waals surface area contributed by atoms with Crippen LogP contribution < -0.4 is 10.5 Å². The molecule has 0 bridgehead atoms. The highest BCUT2D eigenvalue weighted by molar-refractivity contribution is 6.32. The highest BCUT2D eigenvalue weighted by atomic mass is 35.5. The van der Waals surface area contributed by atoms with Crippen molar-refractivity contribution in [1.82, 2.24) is 10.1 Å². The van der Waals surface area contributed by atoms with Crippen LogP contribution in [0, 0.1) is 0 Å². The Morgan fingerprint density at radius 1 is 1.43 bits per heavy atom. The van der Waals surface area contributed by atoms with Crippen LogP contribution in [-0.2, 0) is 11.3 Å². The summed E-state index contributed by atoms with van der Waals surface area (Å²) >= 11 is 6.26. The molecule has 2 N–H and O–H groups in total. The molecule has 0 saturated carbocycles. The van der Waals surface area contributed by atoms with E-state index in [0.717, 1.165) is 25.0 Å². The standard InChI is InChI=1S/C14H16ClN3O3/c15-11-6-9(14-17-13(7-16)21-18-14)3-4-12(11)20-10-2-1-5-19-8-10/h3-4,6,10H,1-2,5,7-8,16H2. The van der Waals surface area contributed by atoms with Gasteiger partial charge < -0.3 is 19.7 Å². The number of hydrogen-bond donors (Lipinski definition) is 1. The van der Waals surface area contributed by atoms with Crippen LogP contribution in [-0.4, -0.2) is 29.5 Å². The first-order valence-corrected chi connectivity index (χ1v) is 7.21. The molecule has 1 aromatic heterocycles. The van der Waals surface area contributed by atoms with Crippen LogP contribution in [0.3, 0.4) is 0 Å². The van der Waals surface area contributed by atoms with E-state index in [2.05, 4.69) is 10.1 Å². The normalized spacial score (nSPS) is 18.7. The maximum Gasteiger partial charge on any atom is 0.240 e. The third-order valence-corrected chi connectivity index (χ3v) is 3.54. The minimum atomic E-state index is 0.0520. The fourth-order valence-electron chi connectivity index (χ4n) is 2.17. The van der Waals surface area contributed by atoms with Crippen LogP contribution in [0.1, 0.15) is 18.7 Å². The number of nitrogens with two attached hydrogens (primary N) is 1. The van der Waals surface area contributed by atoms with Crippen molar-refractivity contribution in [1.29, 1.82) is 0 Å². The Balaban J connectivity index is 1.75. The smallest absolute Gasteiger partial charge is 0.240 e. The Morgan fingerprint density at radius 2 is 2.33 bits per heavy atom. The predicted molar refractivity (Wildman–Crippen MR) is 77.1 cm³/mol. The van der Waals surface area contributed by atoms with Gasteiger partial charge in [-0.15, -0.1) is 0 Å². The summed E-state index contributed by atoms with van der Waals surface area (Å²) in [6, 6.07) is 5.41. The Kier molecular flexibility index (Phi) is 4.38. The van der Waals surface area contributed by atoms with Crippen molar-refractivity contribution in [2.24, 2.45) is 5.73 Å². The lowest BCUT2D eigenvalue weighted by atomic mass is 10.1. The van der Waals surface area contributed by atoms with Gasteiger partial charge in [-0.2, -0.15) is 4.98 Å². The minimum Gasteiger partial charge on any atom is -0.486 e. The van der Waals surface area contributed by atoms with Crippen molar-refractivity contribution in [2.45, 2.75) is 25.5 Å². The van der Waals surface area contributed by atoms with Gasteiger partial charge in [-0.05, 0) is 31.0 Å². The van der Waals surface area contributed by atoms with E-state index in [9.17, 15) is 0 Å². The van der Waals surface area contributed by atoms with Crippen LogP contribution in [0.2, 0.25) is 5.02 Å². The van der Waals surface area contributed by atoms with Crippen molar-refractivity contribution < 1.29 is 14.0 Å². The molecule has 1 saturated heterocycles. The van der Waals surface area contributed by atoms with Gasteiger partial charge in [0.1, 0.15) is 11.9 Å². The lowest BCUT2D eigenvalue weighted by Crippen LogP contribution is -2.28. The second-order valence-electron chi connectivity index (χ2n) is 4.82. The molecule has 1 aliphatic rings. The zero-order chi connectivity index (χ0) is 14.7. The van der Waals surface area contributed by atoms with Gasteiger partial charge in [0.05, 0.1) is 18.2 Å². The Hall–Kier alpha value is -1.63. The van der Waals surface area contributed by atoms with Crippen LogP contribution in [0.4, 0.5) is 0 Å². The molecule has 2 heterocycles. The van der Waals surface area contributed by atoms with Gasteiger partial charge in [0, 0.05) is 12.2 Å². The van der Waals surface area contributed by atoms with Gasteiger partial charge >= 0.3 is 0 Å². The average molecular weight is 310 g/mol. The highest BCUT2D eigenvalue weighted by Crippen LogP contribution is 2.30. The first-order valence-electron chi connectivity index (χ1n) is 6.83. The number of rotatable bonds is 4. The lowest BCUT2D eigenvalue weighted by molar-refractivity contribution is 0.00748. The van der Waals surface area contributed by atoms with E-state index in [1.807, 2.05) is 12.1 Å². The summed E-state index contributed by atoms with van der Waals surface area (Å²) in [5, 5.41) is 4.37. The largest absolute Gasteiger partial charge is 0.486 e. The number of halogens is 1. The third-order valence-electron chi connectivity index (χ3n) is 3.24. The van der Waals surface area contributed by atoms with Crippen molar-refractivity contribution in [2.75, 3.05) is 13.2 Å². The fraction of sp³-hybridized carbons (Fsp3) is 0.429. The molecule has 6 nitrogen and oxygen atoms in total. The zero-order valence-electron chi connectivity index (χ0n) is 11.4. The molecule has 0 aliphatic carbocycles. The van der Waals surface area contributed by atoms with Crippen molar-refractivity contribution in [3.63, 3.8) is 0 Å². The first kappa shape index (κ1) is 14.3. The lowest BCUT2D eigenvalue weighted by Gasteiger charge is -2.23. The van der Waals surface area contributed by atoms with E-state index >= 15 is 0 Å². The topological polar surface area (TPSA) is 83.4 Å². The second kappa shape index (κ2) is 6.43. The Labute approximate surface area is 127 Å². The van der Waals surface area contributed by atoms with Gasteiger partial charge in [-0.25, -0.2) is 0 Å². The second-order valence-corrected chi connectivity index (χ2v) is 5.23. The molecular weight excluding hydrogens is 294 g/mol. The molecule has 3 rings (SSSR count). The summed E-state index contributed by atoms with van der Waals surface area (Å²) in [5.41, 5.74) is 6.21. The summed E-state index contributed by atoms with van der Waals surface area (Å²) in [5.74, 6) is 1.49. The predicted octanol–water partition coefficient (Wildman–Crippen LogP) is 2.41. The Bertz CT molecular complexity index is 611. The molecular formula is C14H16ClN3O3. The van der Waals surface area contributed by atoms with Gasteiger partial charge in [0.15, 0.2) is 0 Å². The molecule has 1 atom stereocenters. The molecule has 7 heteroatoms. The van der Waals surface area contributed by atoms with Crippen LogP contribution in [0.5, 0.6) is 5.75 Å². The number of aromatic nitrogens is 2. The fourth-order valence-corrected chi connectivity index (χ4v) is 2.40. The summed E-state index contributed by atoms with van der Waals surface area (Å²) in [4.78, 5) is 4.16. The summed E-state index contributed by atoms with van der Waals surface area (Å²) in [6.07, 6.45) is 2.03. The van der Waals surface area contributed by atoms with Crippen LogP contribution >= 0.6 is 11.6 Å². The molecule has 1 fully saturated rings. The summed E-state index contributed by atoms with van der Waals surface area (Å²) in [7, 11) is 0. The van der Waals surface area contributed by atoms with E-state index < -0.39 is 0 Å². The SMILES string of the molecule is NCc1nc(-c2ccc(OC3CCCOC3)c(Cl)c2)no1. The number of hydrogen-bond acceptors (Lipinski definition) is 6. The van der Waals surface area contributed by atoms with Crippen molar-refractivity contribution in [3.05, 3.63) is 29.1 Å². The summed E-state index contributed by atoms with van der Waals surface area (Å²) < 4.78 is 16.2. The third kappa shape index (κ3) is 3.34. The molecule has 2 aromatic rings. The van der Waals surface area contributed by atoms with E-state index in [0.29, 0.717) is 29.1 Å². The molecule has 1 unspecified atom stereocenters. The van der Waals surface area contributed by atoms with Gasteiger partial charge in [0.2, 0.25) is 11.7 Å². The molecule has 0 radical (unpaired) electrons. The maximum atomic E-state index is 6.26. The Morgan fingerprint density at radius 3 is 3.00 bits per heavy atom. The molecule has 1 aromatic carbocycles. The van der Waals surface area contributed by atoms with Gasteiger partial charge in [-0.1, -0.05) is 16.8 Å². The monoisotopic (exact) mass is 309 g/mol. The van der Waals surface area contributed by atoms with E-state index in [1.165, 1.54) is 0 Å². The van der Waals surface area contributed by atoms with Gasteiger partial charge in [0.25, 0.3) is 0 Å². The first-order chi connectivity index (χ1) is 10.3. The number of nitrogens with zero attached hydrogens (tertiary/aromatic N) is 2. The molecule has 21 heavy (non-hydrogen) atoms. The zero-order valence-corrected chi connectivity index (χ0v) is 12.2. The minimum absolute atomic E-state index is 0.0520. The quantitative estimate of drug-likeness (QED) is 0.933. The molecule has 0 amide bonds. The van der Waals surface area contributed by atoms with E-state index in [1.54, 1.807) is 6.07 Å². The van der Waals surface area contributed by atoms with E-state index in [-0.39, 0.29) is 12.6 Å². The summed E-state index contributed by atoms with van der Waals surface area (Å²) in [6.45, 7) is 1.61. The van der Waals surface area contributed by atoms with Crippen LogP contribution in [0.15, 0.2) is 22.7 Å². The molecule has 0 spiro atoms.